The number of nitrogens with zero attached hydrogens (tertiary/aromatic N) is 2. The van der Waals surface area contributed by atoms with Crippen LogP contribution >= 0.6 is 11.3 Å². The van der Waals surface area contributed by atoms with E-state index in [-0.39, 0.29) is 12.5 Å². The summed E-state index contributed by atoms with van der Waals surface area (Å²) in [6.07, 6.45) is 0. The predicted molar refractivity (Wildman–Crippen MR) is 94.0 cm³/mol. The van der Waals surface area contributed by atoms with Crippen molar-refractivity contribution in [3.63, 3.8) is 0 Å². The van der Waals surface area contributed by atoms with Crippen LogP contribution in [0.1, 0.15) is 45.8 Å². The lowest BCUT2D eigenvalue weighted by molar-refractivity contribution is 0.0950. The zero-order chi connectivity index (χ0) is 17.1. The van der Waals surface area contributed by atoms with E-state index in [1.165, 1.54) is 16.9 Å². The predicted octanol–water partition coefficient (Wildman–Crippen LogP) is 4.16. The number of rotatable bonds is 5. The van der Waals surface area contributed by atoms with Crippen LogP contribution < -0.4 is 5.32 Å². The summed E-state index contributed by atoms with van der Waals surface area (Å²) in [5.41, 5.74) is 2.16. The van der Waals surface area contributed by atoms with Crippen molar-refractivity contribution < 1.29 is 9.32 Å². The van der Waals surface area contributed by atoms with Gasteiger partial charge in [0.1, 0.15) is 0 Å². The van der Waals surface area contributed by atoms with Crippen molar-refractivity contribution in [2.45, 2.75) is 33.2 Å². The lowest BCUT2D eigenvalue weighted by Gasteiger charge is -2.04. The zero-order valence-electron chi connectivity index (χ0n) is 13.9. The van der Waals surface area contributed by atoms with Crippen LogP contribution in [0.4, 0.5) is 0 Å². The highest BCUT2D eigenvalue weighted by Gasteiger charge is 2.12. The number of carbonyl (C=O) groups excluding carboxylic acids is 1. The van der Waals surface area contributed by atoms with E-state index in [1.807, 2.05) is 31.2 Å². The molecule has 1 N–H and O–H groups in total. The molecule has 24 heavy (non-hydrogen) atoms. The Morgan fingerprint density at radius 3 is 2.58 bits per heavy atom. The fraction of sp³-hybridized carbons (Fsp3) is 0.278. The van der Waals surface area contributed by atoms with Gasteiger partial charge >= 0.3 is 0 Å². The smallest absolute Gasteiger partial charge is 0.261 e. The molecule has 2 heterocycles. The monoisotopic (exact) mass is 341 g/mol. The van der Waals surface area contributed by atoms with Crippen LogP contribution in [0, 0.1) is 6.92 Å². The maximum absolute atomic E-state index is 12.0. The Morgan fingerprint density at radius 1 is 1.21 bits per heavy atom. The van der Waals surface area contributed by atoms with Crippen LogP contribution in [-0.2, 0) is 6.54 Å². The maximum atomic E-state index is 12.0. The number of benzene rings is 1. The first-order valence-electron chi connectivity index (χ1n) is 7.80. The molecule has 0 saturated carbocycles. The van der Waals surface area contributed by atoms with Gasteiger partial charge in [-0.3, -0.25) is 4.79 Å². The number of aryl methyl sites for hydroxylation is 1. The van der Waals surface area contributed by atoms with Crippen molar-refractivity contribution >= 4 is 17.2 Å². The minimum Gasteiger partial charge on any atom is -0.342 e. The van der Waals surface area contributed by atoms with Gasteiger partial charge in [-0.05, 0) is 30.5 Å². The zero-order valence-corrected chi connectivity index (χ0v) is 14.7. The van der Waals surface area contributed by atoms with Crippen molar-refractivity contribution in [2.75, 3.05) is 0 Å². The molecular weight excluding hydrogens is 322 g/mol. The summed E-state index contributed by atoms with van der Waals surface area (Å²) >= 11 is 1.46. The highest BCUT2D eigenvalue weighted by Crippen LogP contribution is 2.20. The van der Waals surface area contributed by atoms with E-state index in [9.17, 15) is 4.79 Å². The van der Waals surface area contributed by atoms with Crippen molar-refractivity contribution in [1.82, 2.24) is 15.5 Å². The van der Waals surface area contributed by atoms with E-state index in [0.717, 1.165) is 10.4 Å². The summed E-state index contributed by atoms with van der Waals surface area (Å²) in [4.78, 5) is 18.1. The molecule has 1 amide bonds. The number of hydrogen-bond acceptors (Lipinski definition) is 5. The van der Waals surface area contributed by atoms with E-state index in [1.54, 1.807) is 0 Å². The Kier molecular flexibility index (Phi) is 4.76. The second kappa shape index (κ2) is 6.97. The van der Waals surface area contributed by atoms with Crippen molar-refractivity contribution in [1.29, 1.82) is 0 Å². The molecule has 5 nitrogen and oxygen atoms in total. The molecule has 3 aromatic rings. The second-order valence-corrected chi connectivity index (χ2v) is 7.17. The number of thiophene rings is 1. The average molecular weight is 341 g/mol. The molecule has 0 unspecified atom stereocenters. The van der Waals surface area contributed by atoms with Gasteiger partial charge in [0.15, 0.2) is 0 Å². The summed E-state index contributed by atoms with van der Waals surface area (Å²) < 4.78 is 5.22. The Hall–Kier alpha value is -2.47. The molecule has 0 aliphatic carbocycles. The minimum absolute atomic E-state index is 0.130. The molecule has 0 fully saturated rings. The Bertz CT molecular complexity index is 834. The SMILES string of the molecule is Cc1ccc(C(=O)NCc2nc(-c3ccc(C(C)C)cc3)no2)s1. The third-order valence-electron chi connectivity index (χ3n) is 3.67. The average Bonchev–Trinajstić information content (AvgIpc) is 3.22. The Balaban J connectivity index is 1.64. The maximum Gasteiger partial charge on any atom is 0.261 e. The van der Waals surface area contributed by atoms with Crippen LogP contribution in [0.2, 0.25) is 0 Å². The van der Waals surface area contributed by atoms with Crippen LogP contribution in [0.25, 0.3) is 11.4 Å². The van der Waals surface area contributed by atoms with E-state index in [2.05, 4.69) is 41.4 Å². The summed E-state index contributed by atoms with van der Waals surface area (Å²) in [5, 5.41) is 6.77. The molecule has 6 heteroatoms. The van der Waals surface area contributed by atoms with Gasteiger partial charge in [0.05, 0.1) is 11.4 Å². The van der Waals surface area contributed by atoms with Crippen LogP contribution in [0.3, 0.4) is 0 Å². The van der Waals surface area contributed by atoms with Gasteiger partial charge in [-0.1, -0.05) is 43.3 Å². The van der Waals surface area contributed by atoms with Crippen molar-refractivity contribution in [3.8, 4) is 11.4 Å². The first kappa shape index (κ1) is 16.4. The summed E-state index contributed by atoms with van der Waals surface area (Å²) in [6, 6.07) is 11.8. The van der Waals surface area contributed by atoms with Gasteiger partial charge in [-0.25, -0.2) is 0 Å². The molecule has 0 saturated heterocycles. The molecular formula is C18H19N3O2S. The first-order valence-corrected chi connectivity index (χ1v) is 8.62. The second-order valence-electron chi connectivity index (χ2n) is 5.88. The quantitative estimate of drug-likeness (QED) is 0.756. The van der Waals surface area contributed by atoms with Crippen molar-refractivity contribution in [3.05, 3.63) is 57.6 Å². The van der Waals surface area contributed by atoms with E-state index < -0.39 is 0 Å². The van der Waals surface area contributed by atoms with Crippen LogP contribution in [0.5, 0.6) is 0 Å². The number of amides is 1. The van der Waals surface area contributed by atoms with Crippen molar-refractivity contribution in [2.24, 2.45) is 0 Å². The lowest BCUT2D eigenvalue weighted by atomic mass is 10.0. The fourth-order valence-corrected chi connectivity index (χ4v) is 3.04. The molecule has 0 spiro atoms. The third-order valence-corrected chi connectivity index (χ3v) is 4.67. The van der Waals surface area contributed by atoms with E-state index in [4.69, 9.17) is 4.52 Å². The van der Waals surface area contributed by atoms with Gasteiger partial charge in [-0.2, -0.15) is 4.98 Å². The van der Waals surface area contributed by atoms with Gasteiger partial charge in [0.25, 0.3) is 5.91 Å². The molecule has 0 aliphatic heterocycles. The van der Waals surface area contributed by atoms with Gasteiger partial charge < -0.3 is 9.84 Å². The van der Waals surface area contributed by atoms with Gasteiger partial charge in [-0.15, -0.1) is 11.3 Å². The Labute approximate surface area is 144 Å². The molecule has 124 valence electrons. The molecule has 2 aromatic heterocycles. The summed E-state index contributed by atoms with van der Waals surface area (Å²) in [5.74, 6) is 1.27. The molecule has 0 bridgehead atoms. The molecule has 0 aliphatic rings. The van der Waals surface area contributed by atoms with Crippen LogP contribution in [-0.4, -0.2) is 16.0 Å². The van der Waals surface area contributed by atoms with E-state index in [0.29, 0.717) is 22.5 Å². The van der Waals surface area contributed by atoms with Gasteiger partial charge in [0.2, 0.25) is 11.7 Å². The summed E-state index contributed by atoms with van der Waals surface area (Å²) in [6.45, 7) is 6.49. The standard InChI is InChI=1S/C18H19N3O2S/c1-11(2)13-5-7-14(8-6-13)17-20-16(23-21-17)10-19-18(22)15-9-4-12(3)24-15/h4-9,11H,10H2,1-3H3,(H,19,22). The number of carbonyl (C=O) groups is 1. The Morgan fingerprint density at radius 2 is 1.96 bits per heavy atom. The van der Waals surface area contributed by atoms with E-state index >= 15 is 0 Å². The molecule has 0 radical (unpaired) electrons. The van der Waals surface area contributed by atoms with Gasteiger partial charge in [0, 0.05) is 10.4 Å². The molecule has 3 rings (SSSR count). The highest BCUT2D eigenvalue weighted by atomic mass is 32.1. The first-order chi connectivity index (χ1) is 11.5. The number of hydrogen-bond donors (Lipinski definition) is 1. The lowest BCUT2D eigenvalue weighted by Crippen LogP contribution is -2.21. The number of aromatic nitrogens is 2. The summed E-state index contributed by atoms with van der Waals surface area (Å²) in [7, 11) is 0. The third kappa shape index (κ3) is 3.71. The van der Waals surface area contributed by atoms with Crippen LogP contribution in [0.15, 0.2) is 40.9 Å². The normalized spacial score (nSPS) is 11.0. The topological polar surface area (TPSA) is 68.0 Å². The molecule has 1 aromatic carbocycles. The number of nitrogens with one attached hydrogen (secondary N) is 1. The fourth-order valence-electron chi connectivity index (χ4n) is 2.26. The minimum atomic E-state index is -0.130. The molecule has 0 atom stereocenters. The largest absolute Gasteiger partial charge is 0.342 e. The highest BCUT2D eigenvalue weighted by molar-refractivity contribution is 7.13.